The predicted molar refractivity (Wildman–Crippen MR) is 133 cm³/mol. The van der Waals surface area contributed by atoms with Crippen molar-refractivity contribution < 1.29 is 4.79 Å². The van der Waals surface area contributed by atoms with Gasteiger partial charge in [0.05, 0.1) is 11.4 Å². The number of hydrogen-bond acceptors (Lipinski definition) is 7. The molecule has 6 nitrogen and oxygen atoms in total. The molecule has 0 spiro atoms. The summed E-state index contributed by atoms with van der Waals surface area (Å²) in [7, 11) is 0. The lowest BCUT2D eigenvalue weighted by Gasteiger charge is -2.07. The molecule has 3 heterocycles. The number of thiophene rings is 1. The average molecular weight is 478 g/mol. The van der Waals surface area contributed by atoms with E-state index in [0.29, 0.717) is 5.13 Å². The minimum absolute atomic E-state index is 0.114. The summed E-state index contributed by atoms with van der Waals surface area (Å²) in [5.41, 5.74) is 2.97. The highest BCUT2D eigenvalue weighted by Gasteiger charge is 2.18. The topological polar surface area (TPSA) is 72.7 Å². The van der Waals surface area contributed by atoms with Crippen molar-refractivity contribution in [2.75, 3.05) is 11.1 Å². The van der Waals surface area contributed by atoms with Crippen LogP contribution in [0.15, 0.2) is 70.5 Å². The molecule has 2 aromatic carbocycles. The monoisotopic (exact) mass is 477 g/mol. The van der Waals surface area contributed by atoms with Crippen LogP contribution >= 0.6 is 34.4 Å². The van der Waals surface area contributed by atoms with E-state index in [2.05, 4.69) is 49.5 Å². The highest BCUT2D eigenvalue weighted by atomic mass is 32.2. The van der Waals surface area contributed by atoms with Gasteiger partial charge in [-0.15, -0.1) is 32.9 Å². The number of rotatable bonds is 7. The second-order valence-electron chi connectivity index (χ2n) is 6.94. The number of anilines is 1. The number of benzene rings is 2. The zero-order valence-corrected chi connectivity index (χ0v) is 19.6. The van der Waals surface area contributed by atoms with Crippen LogP contribution in [0.5, 0.6) is 0 Å². The van der Waals surface area contributed by atoms with E-state index in [-0.39, 0.29) is 11.7 Å². The molecule has 160 valence electrons. The maximum absolute atomic E-state index is 12.5. The van der Waals surface area contributed by atoms with Crippen LogP contribution in [0.3, 0.4) is 0 Å². The first-order valence-electron chi connectivity index (χ1n) is 10.1. The first-order valence-corrected chi connectivity index (χ1v) is 12.8. The number of aromatic nitrogens is 4. The number of nitrogens with one attached hydrogen (secondary N) is 1. The summed E-state index contributed by atoms with van der Waals surface area (Å²) in [6.07, 6.45) is 0. The van der Waals surface area contributed by atoms with Crippen LogP contribution < -0.4 is 5.32 Å². The lowest BCUT2D eigenvalue weighted by molar-refractivity contribution is -0.113. The first-order chi connectivity index (χ1) is 15.7. The molecule has 9 heteroatoms. The second kappa shape index (κ2) is 9.23. The fourth-order valence-corrected chi connectivity index (χ4v) is 5.87. The van der Waals surface area contributed by atoms with Crippen molar-refractivity contribution in [1.82, 2.24) is 19.7 Å². The lowest BCUT2D eigenvalue weighted by atomic mass is 10.1. The summed E-state index contributed by atoms with van der Waals surface area (Å²) in [6.45, 7) is 2.79. The van der Waals surface area contributed by atoms with Crippen molar-refractivity contribution in [3.05, 3.63) is 65.4 Å². The van der Waals surface area contributed by atoms with E-state index in [1.165, 1.54) is 33.2 Å². The summed E-state index contributed by atoms with van der Waals surface area (Å²) in [5, 5.41) is 18.3. The summed E-state index contributed by atoms with van der Waals surface area (Å²) in [4.78, 5) is 17.0. The fourth-order valence-electron chi connectivity index (χ4n) is 3.39. The molecule has 0 fully saturated rings. The van der Waals surface area contributed by atoms with Crippen molar-refractivity contribution in [3.63, 3.8) is 0 Å². The van der Waals surface area contributed by atoms with Crippen molar-refractivity contribution in [3.8, 4) is 22.6 Å². The molecule has 1 amide bonds. The number of carbonyl (C=O) groups is 1. The van der Waals surface area contributed by atoms with E-state index >= 15 is 0 Å². The highest BCUT2D eigenvalue weighted by Crippen LogP contribution is 2.34. The van der Waals surface area contributed by atoms with E-state index in [4.69, 9.17) is 0 Å². The summed E-state index contributed by atoms with van der Waals surface area (Å²) >= 11 is 4.50. The molecule has 0 bridgehead atoms. The molecule has 0 unspecified atom stereocenters. The maximum Gasteiger partial charge on any atom is 0.236 e. The standard InChI is InChI=1S/C23H19N5OS3/c1-2-28-21(17-12-30-19-11-7-6-10-16(17)19)26-27-23(28)32-14-20(29)25-22-24-18(13-31-22)15-8-4-3-5-9-15/h3-13H,2,14H2,1H3,(H,24,25,29). The molecule has 5 rings (SSSR count). The van der Waals surface area contributed by atoms with Crippen LogP contribution in [-0.2, 0) is 11.3 Å². The van der Waals surface area contributed by atoms with Gasteiger partial charge in [0.2, 0.25) is 5.91 Å². The SMILES string of the molecule is CCn1c(SCC(=O)Nc2nc(-c3ccccc3)cs2)nnc1-c1csc2ccccc12. The molecule has 3 aromatic heterocycles. The Morgan fingerprint density at radius 3 is 2.69 bits per heavy atom. The largest absolute Gasteiger partial charge is 0.302 e. The Balaban J connectivity index is 1.27. The predicted octanol–water partition coefficient (Wildman–Crippen LogP) is 6.03. The smallest absolute Gasteiger partial charge is 0.236 e. The molecule has 0 atom stereocenters. The molecule has 1 N–H and O–H groups in total. The van der Waals surface area contributed by atoms with E-state index in [0.717, 1.165) is 34.3 Å². The van der Waals surface area contributed by atoms with Gasteiger partial charge < -0.3 is 9.88 Å². The second-order valence-corrected chi connectivity index (χ2v) is 9.65. The van der Waals surface area contributed by atoms with Gasteiger partial charge in [-0.25, -0.2) is 4.98 Å². The number of nitrogens with zero attached hydrogens (tertiary/aromatic N) is 4. The minimum atomic E-state index is -0.114. The van der Waals surface area contributed by atoms with Gasteiger partial charge in [-0.05, 0) is 13.0 Å². The Morgan fingerprint density at radius 1 is 1.03 bits per heavy atom. The van der Waals surface area contributed by atoms with Crippen LogP contribution in [0.4, 0.5) is 5.13 Å². The van der Waals surface area contributed by atoms with Crippen LogP contribution in [0.1, 0.15) is 6.92 Å². The maximum atomic E-state index is 12.5. The number of hydrogen-bond donors (Lipinski definition) is 1. The zero-order valence-electron chi connectivity index (χ0n) is 17.2. The third-order valence-electron chi connectivity index (χ3n) is 4.91. The fraction of sp³-hybridized carbons (Fsp3) is 0.130. The Morgan fingerprint density at radius 2 is 1.84 bits per heavy atom. The first kappa shape index (κ1) is 20.9. The molecule has 0 radical (unpaired) electrons. The van der Waals surface area contributed by atoms with E-state index < -0.39 is 0 Å². The third kappa shape index (κ3) is 4.19. The highest BCUT2D eigenvalue weighted by molar-refractivity contribution is 7.99. The molecular formula is C23H19N5OS3. The minimum Gasteiger partial charge on any atom is -0.302 e. The Labute approximate surface area is 197 Å². The number of carbonyl (C=O) groups excluding carboxylic acids is 1. The molecule has 0 saturated carbocycles. The van der Waals surface area contributed by atoms with Crippen LogP contribution in [0, 0.1) is 0 Å². The van der Waals surface area contributed by atoms with Crippen molar-refractivity contribution in [1.29, 1.82) is 0 Å². The Hall–Kier alpha value is -3.01. The number of thioether (sulfide) groups is 1. The van der Waals surface area contributed by atoms with Crippen molar-refractivity contribution in [2.24, 2.45) is 0 Å². The van der Waals surface area contributed by atoms with Gasteiger partial charge in [0.25, 0.3) is 0 Å². The van der Waals surface area contributed by atoms with Crippen LogP contribution in [-0.4, -0.2) is 31.4 Å². The quantitative estimate of drug-likeness (QED) is 0.290. The summed E-state index contributed by atoms with van der Waals surface area (Å²) in [5.74, 6) is 0.959. The molecule has 0 aliphatic rings. The van der Waals surface area contributed by atoms with E-state index in [1.807, 2.05) is 47.8 Å². The van der Waals surface area contributed by atoms with Crippen molar-refractivity contribution in [2.45, 2.75) is 18.6 Å². The van der Waals surface area contributed by atoms with Crippen molar-refractivity contribution >= 4 is 55.6 Å². The molecule has 32 heavy (non-hydrogen) atoms. The van der Waals surface area contributed by atoms with Gasteiger partial charge in [-0.3, -0.25) is 4.79 Å². The van der Waals surface area contributed by atoms with Gasteiger partial charge >= 0.3 is 0 Å². The number of thiazole rings is 1. The average Bonchev–Trinajstić information content (AvgIpc) is 3.56. The third-order valence-corrected chi connectivity index (χ3v) is 7.60. The molecule has 0 aliphatic carbocycles. The summed E-state index contributed by atoms with van der Waals surface area (Å²) in [6, 6.07) is 18.2. The number of amides is 1. The van der Waals surface area contributed by atoms with E-state index in [9.17, 15) is 4.79 Å². The number of fused-ring (bicyclic) bond motifs is 1. The van der Waals surface area contributed by atoms with Gasteiger partial charge in [0.1, 0.15) is 0 Å². The zero-order chi connectivity index (χ0) is 21.9. The van der Waals surface area contributed by atoms with Gasteiger partial charge in [0, 0.05) is 38.5 Å². The van der Waals surface area contributed by atoms with Crippen LogP contribution in [0.2, 0.25) is 0 Å². The molecular weight excluding hydrogens is 458 g/mol. The van der Waals surface area contributed by atoms with Gasteiger partial charge in [-0.1, -0.05) is 60.3 Å². The molecule has 0 aliphatic heterocycles. The normalized spacial score (nSPS) is 11.2. The van der Waals surface area contributed by atoms with Crippen LogP contribution in [0.25, 0.3) is 32.7 Å². The van der Waals surface area contributed by atoms with Gasteiger partial charge in [-0.2, -0.15) is 0 Å². The molecule has 0 saturated heterocycles. The molecule has 5 aromatic rings. The Kier molecular flexibility index (Phi) is 6.02. The van der Waals surface area contributed by atoms with Gasteiger partial charge in [0.15, 0.2) is 16.1 Å². The summed E-state index contributed by atoms with van der Waals surface area (Å²) < 4.78 is 3.28. The lowest BCUT2D eigenvalue weighted by Crippen LogP contribution is -2.14. The Bertz CT molecular complexity index is 1370. The van der Waals surface area contributed by atoms with E-state index in [1.54, 1.807) is 11.3 Å².